The molecule has 0 unspecified atom stereocenters. The number of hydrogen-bond acceptors (Lipinski definition) is 3. The molecule has 0 radical (unpaired) electrons. The number of pyridine rings is 1. The second-order valence-electron chi connectivity index (χ2n) is 5.96. The Kier molecular flexibility index (Phi) is 3.57. The average Bonchev–Trinajstić information content (AvgIpc) is 3.19. The molecule has 2 aromatic rings. The maximum atomic E-state index is 12.9. The van der Waals surface area contributed by atoms with E-state index in [1.54, 1.807) is 23.9 Å². The average molecular weight is 326 g/mol. The van der Waals surface area contributed by atoms with Crippen LogP contribution in [0.2, 0.25) is 0 Å². The Morgan fingerprint density at radius 3 is 2.70 bits per heavy atom. The Labute approximate surface area is 130 Å². The van der Waals surface area contributed by atoms with E-state index in [-0.39, 0.29) is 24.9 Å². The van der Waals surface area contributed by atoms with E-state index in [2.05, 4.69) is 15.4 Å². The summed E-state index contributed by atoms with van der Waals surface area (Å²) in [5.41, 5.74) is -0.329. The van der Waals surface area contributed by atoms with Gasteiger partial charge in [-0.3, -0.25) is 4.79 Å². The zero-order chi connectivity index (χ0) is 16.8. The van der Waals surface area contributed by atoms with Crippen molar-refractivity contribution in [3.63, 3.8) is 0 Å². The van der Waals surface area contributed by atoms with Crippen LogP contribution in [-0.4, -0.2) is 33.4 Å². The Morgan fingerprint density at radius 1 is 1.43 bits per heavy atom. The smallest absolute Gasteiger partial charge is 0.351 e. The molecule has 5 nitrogen and oxygen atoms in total. The molecule has 23 heavy (non-hydrogen) atoms. The zero-order valence-corrected chi connectivity index (χ0v) is 12.9. The lowest BCUT2D eigenvalue weighted by Crippen LogP contribution is -2.38. The Bertz CT molecular complexity index is 762. The number of alkyl halides is 3. The molecule has 1 aliphatic rings. The summed E-state index contributed by atoms with van der Waals surface area (Å²) in [7, 11) is 0. The number of rotatable bonds is 4. The number of aromatic nitrogens is 3. The predicted molar refractivity (Wildman–Crippen MR) is 78.0 cm³/mol. The van der Waals surface area contributed by atoms with Gasteiger partial charge in [-0.15, -0.1) is 0 Å². The zero-order valence-electron chi connectivity index (χ0n) is 12.9. The Balaban J connectivity index is 1.80. The second-order valence-corrected chi connectivity index (χ2v) is 5.96. The highest BCUT2D eigenvalue weighted by Gasteiger charge is 2.63. The van der Waals surface area contributed by atoms with E-state index < -0.39 is 17.5 Å². The lowest BCUT2D eigenvalue weighted by molar-refractivity contribution is -0.184. The first-order valence-corrected chi connectivity index (χ1v) is 7.45. The number of aryl methyl sites for hydroxylation is 2. The van der Waals surface area contributed by atoms with Crippen molar-refractivity contribution in [3.05, 3.63) is 23.5 Å². The van der Waals surface area contributed by atoms with Gasteiger partial charge in [0.2, 0.25) is 0 Å². The molecule has 8 heteroatoms. The number of halogens is 3. The standard InChI is InChI=1S/C15H17F3N4O/c1-3-22-12-10(7-20-22)6-11(9(2)21-12)13(23)19-8-14(4-5-14)15(16,17)18/h6-7H,3-5,8H2,1-2H3,(H,19,23). The van der Waals surface area contributed by atoms with E-state index in [0.29, 0.717) is 23.3 Å². The van der Waals surface area contributed by atoms with E-state index >= 15 is 0 Å². The quantitative estimate of drug-likeness (QED) is 0.940. The molecule has 2 heterocycles. The number of hydrogen-bond donors (Lipinski definition) is 1. The van der Waals surface area contributed by atoms with Gasteiger partial charge in [-0.2, -0.15) is 18.3 Å². The molecule has 3 rings (SSSR count). The highest BCUT2D eigenvalue weighted by atomic mass is 19.4. The monoisotopic (exact) mass is 326 g/mol. The van der Waals surface area contributed by atoms with Crippen LogP contribution in [0.3, 0.4) is 0 Å². The SMILES string of the molecule is CCn1ncc2cc(C(=O)NCC3(C(F)(F)F)CC3)c(C)nc21. The molecule has 0 aliphatic heterocycles. The number of fused-ring (bicyclic) bond motifs is 1. The fraction of sp³-hybridized carbons (Fsp3) is 0.533. The lowest BCUT2D eigenvalue weighted by Gasteiger charge is -2.19. The second kappa shape index (κ2) is 5.21. The van der Waals surface area contributed by atoms with Gasteiger partial charge in [0.25, 0.3) is 5.91 Å². The van der Waals surface area contributed by atoms with Crippen LogP contribution in [0.1, 0.15) is 35.8 Å². The van der Waals surface area contributed by atoms with Gasteiger partial charge in [0.1, 0.15) is 0 Å². The maximum Gasteiger partial charge on any atom is 0.396 e. The molecule has 1 fully saturated rings. The van der Waals surface area contributed by atoms with Crippen molar-refractivity contribution in [3.8, 4) is 0 Å². The van der Waals surface area contributed by atoms with Crippen molar-refractivity contribution in [1.29, 1.82) is 0 Å². The summed E-state index contributed by atoms with van der Waals surface area (Å²) in [5, 5.41) is 7.26. The third-order valence-corrected chi connectivity index (χ3v) is 4.39. The van der Waals surface area contributed by atoms with E-state index in [9.17, 15) is 18.0 Å². The normalized spacial score (nSPS) is 16.6. The minimum Gasteiger partial charge on any atom is -0.351 e. The molecule has 1 saturated carbocycles. The molecular formula is C15H17F3N4O. The van der Waals surface area contributed by atoms with Crippen LogP contribution >= 0.6 is 0 Å². The largest absolute Gasteiger partial charge is 0.396 e. The maximum absolute atomic E-state index is 12.9. The summed E-state index contributed by atoms with van der Waals surface area (Å²) in [5.74, 6) is -0.531. The van der Waals surface area contributed by atoms with Gasteiger partial charge >= 0.3 is 6.18 Å². The molecular weight excluding hydrogens is 309 g/mol. The topological polar surface area (TPSA) is 59.8 Å². The van der Waals surface area contributed by atoms with Crippen LogP contribution < -0.4 is 5.32 Å². The molecule has 2 aromatic heterocycles. The fourth-order valence-corrected chi connectivity index (χ4v) is 2.61. The van der Waals surface area contributed by atoms with Crippen molar-refractivity contribution in [2.45, 2.75) is 39.4 Å². The highest BCUT2D eigenvalue weighted by Crippen LogP contribution is 2.57. The molecule has 0 saturated heterocycles. The van der Waals surface area contributed by atoms with Crippen molar-refractivity contribution in [2.24, 2.45) is 5.41 Å². The summed E-state index contributed by atoms with van der Waals surface area (Å²) >= 11 is 0. The molecule has 1 aliphatic carbocycles. The number of amides is 1. The van der Waals surface area contributed by atoms with Crippen LogP contribution in [0.25, 0.3) is 11.0 Å². The van der Waals surface area contributed by atoms with Crippen molar-refractivity contribution >= 4 is 16.9 Å². The van der Waals surface area contributed by atoms with Crippen LogP contribution in [0.4, 0.5) is 13.2 Å². The molecule has 124 valence electrons. The van der Waals surface area contributed by atoms with E-state index in [4.69, 9.17) is 0 Å². The summed E-state index contributed by atoms with van der Waals surface area (Å²) in [6.45, 7) is 3.85. The first-order chi connectivity index (χ1) is 10.8. The van der Waals surface area contributed by atoms with Crippen LogP contribution in [0.15, 0.2) is 12.3 Å². The first kappa shape index (κ1) is 15.8. The number of carbonyl (C=O) groups is 1. The number of nitrogens with zero attached hydrogens (tertiary/aromatic N) is 3. The Morgan fingerprint density at radius 2 is 2.13 bits per heavy atom. The fourth-order valence-electron chi connectivity index (χ4n) is 2.61. The van der Waals surface area contributed by atoms with Gasteiger partial charge in [-0.25, -0.2) is 9.67 Å². The molecule has 0 aromatic carbocycles. The minimum atomic E-state index is -4.28. The van der Waals surface area contributed by atoms with Crippen LogP contribution in [0, 0.1) is 12.3 Å². The molecule has 1 N–H and O–H groups in total. The van der Waals surface area contributed by atoms with Gasteiger partial charge in [0.05, 0.1) is 22.9 Å². The van der Waals surface area contributed by atoms with Crippen molar-refractivity contribution < 1.29 is 18.0 Å². The summed E-state index contributed by atoms with van der Waals surface area (Å²) in [6, 6.07) is 1.62. The van der Waals surface area contributed by atoms with Crippen molar-refractivity contribution in [2.75, 3.05) is 6.54 Å². The van der Waals surface area contributed by atoms with Gasteiger partial charge < -0.3 is 5.32 Å². The number of carbonyl (C=O) groups excluding carboxylic acids is 1. The molecule has 0 spiro atoms. The predicted octanol–water partition coefficient (Wildman–Crippen LogP) is 2.83. The third-order valence-electron chi connectivity index (χ3n) is 4.39. The highest BCUT2D eigenvalue weighted by molar-refractivity contribution is 5.98. The molecule has 1 amide bonds. The third kappa shape index (κ3) is 2.66. The summed E-state index contributed by atoms with van der Waals surface area (Å²) < 4.78 is 40.4. The molecule has 0 bridgehead atoms. The minimum absolute atomic E-state index is 0.0658. The summed E-state index contributed by atoms with van der Waals surface area (Å²) in [6.07, 6.45) is -2.55. The van der Waals surface area contributed by atoms with Gasteiger partial charge in [-0.05, 0) is 32.8 Å². The molecule has 0 atom stereocenters. The van der Waals surface area contributed by atoms with Crippen LogP contribution in [-0.2, 0) is 6.54 Å². The van der Waals surface area contributed by atoms with Crippen LogP contribution in [0.5, 0.6) is 0 Å². The first-order valence-electron chi connectivity index (χ1n) is 7.45. The summed E-state index contributed by atoms with van der Waals surface area (Å²) in [4.78, 5) is 16.6. The Hall–Kier alpha value is -2.12. The van der Waals surface area contributed by atoms with Crippen molar-refractivity contribution in [1.82, 2.24) is 20.1 Å². The van der Waals surface area contributed by atoms with Gasteiger partial charge in [0, 0.05) is 18.5 Å². The van der Waals surface area contributed by atoms with E-state index in [0.717, 1.165) is 0 Å². The lowest BCUT2D eigenvalue weighted by atomic mass is 10.1. The number of nitrogens with one attached hydrogen (secondary N) is 1. The van der Waals surface area contributed by atoms with E-state index in [1.807, 2.05) is 6.92 Å². The van der Waals surface area contributed by atoms with Gasteiger partial charge in [0.15, 0.2) is 5.65 Å². The van der Waals surface area contributed by atoms with Gasteiger partial charge in [-0.1, -0.05) is 0 Å². The van der Waals surface area contributed by atoms with E-state index in [1.165, 1.54) is 0 Å².